The quantitative estimate of drug-likeness (QED) is 0.761. The smallest absolute Gasteiger partial charge is 0.303 e. The van der Waals surface area contributed by atoms with Gasteiger partial charge in [0.15, 0.2) is 0 Å². The molecule has 0 bridgehead atoms. The molecule has 2 amide bonds. The Morgan fingerprint density at radius 2 is 1.85 bits per heavy atom. The van der Waals surface area contributed by atoms with Gasteiger partial charge in [0, 0.05) is 38.5 Å². The number of hydrogen-bond acceptors (Lipinski definition) is 3. The van der Waals surface area contributed by atoms with Crippen molar-refractivity contribution in [2.24, 2.45) is 5.92 Å². The molecule has 1 aromatic rings. The maximum Gasteiger partial charge on any atom is 0.303 e. The first kappa shape index (κ1) is 19.4. The topological polar surface area (TPSA) is 77.9 Å². The number of rotatable bonds is 8. The highest BCUT2D eigenvalue weighted by Gasteiger charge is 2.40. The molecule has 1 N–H and O–H groups in total. The molecule has 1 saturated heterocycles. The minimum atomic E-state index is -0.856. The average molecular weight is 372 g/mol. The molecule has 1 aliphatic heterocycles. The monoisotopic (exact) mass is 372 g/mol. The number of likely N-dealkylation sites (tertiary alicyclic amines) is 1. The SMILES string of the molecule is O=C(O)CCCN(Cc1ccccc1)C(=O)C1CC(=O)N(C2CCCC2)C1. The second-order valence-electron chi connectivity index (χ2n) is 7.63. The summed E-state index contributed by atoms with van der Waals surface area (Å²) in [7, 11) is 0. The van der Waals surface area contributed by atoms with E-state index in [1.54, 1.807) is 4.90 Å². The number of hydrogen-bond donors (Lipinski definition) is 1. The van der Waals surface area contributed by atoms with E-state index in [1.165, 1.54) is 0 Å². The standard InChI is InChI=1S/C21H28N2O4/c24-19-13-17(15-23(19)18-9-4-5-10-18)21(27)22(12-6-11-20(25)26)14-16-7-2-1-3-8-16/h1-3,7-8,17-18H,4-6,9-15H2,(H,25,26). The molecule has 1 aromatic carbocycles. The molecule has 2 aliphatic rings. The van der Waals surface area contributed by atoms with Crippen LogP contribution in [0.3, 0.4) is 0 Å². The number of carbonyl (C=O) groups is 3. The molecular weight excluding hydrogens is 344 g/mol. The van der Waals surface area contributed by atoms with E-state index in [1.807, 2.05) is 35.2 Å². The molecule has 0 radical (unpaired) electrons. The van der Waals surface area contributed by atoms with Crippen LogP contribution in [-0.2, 0) is 20.9 Å². The van der Waals surface area contributed by atoms with Gasteiger partial charge in [0.05, 0.1) is 5.92 Å². The second kappa shape index (κ2) is 9.02. The van der Waals surface area contributed by atoms with E-state index in [4.69, 9.17) is 5.11 Å². The minimum absolute atomic E-state index is 0.0295. The molecule has 27 heavy (non-hydrogen) atoms. The first-order valence-electron chi connectivity index (χ1n) is 9.88. The van der Waals surface area contributed by atoms with Gasteiger partial charge in [0.25, 0.3) is 0 Å². The summed E-state index contributed by atoms with van der Waals surface area (Å²) in [5.74, 6) is -1.11. The predicted molar refractivity (Wildman–Crippen MR) is 101 cm³/mol. The van der Waals surface area contributed by atoms with E-state index in [9.17, 15) is 14.4 Å². The number of carboxylic acid groups (broad SMARTS) is 1. The Bertz CT molecular complexity index is 670. The van der Waals surface area contributed by atoms with E-state index in [0.29, 0.717) is 32.1 Å². The third-order valence-corrected chi connectivity index (χ3v) is 5.62. The van der Waals surface area contributed by atoms with Crippen LogP contribution >= 0.6 is 0 Å². The summed E-state index contributed by atoms with van der Waals surface area (Å²) < 4.78 is 0. The fraction of sp³-hybridized carbons (Fsp3) is 0.571. The summed E-state index contributed by atoms with van der Waals surface area (Å²) >= 11 is 0. The molecule has 3 rings (SSSR count). The third kappa shape index (κ3) is 5.08. The Balaban J connectivity index is 1.65. The van der Waals surface area contributed by atoms with Crippen molar-refractivity contribution in [3.8, 4) is 0 Å². The van der Waals surface area contributed by atoms with Crippen LogP contribution in [0.4, 0.5) is 0 Å². The first-order chi connectivity index (χ1) is 13.0. The number of amides is 2. The fourth-order valence-electron chi connectivity index (χ4n) is 4.22. The van der Waals surface area contributed by atoms with Crippen molar-refractivity contribution < 1.29 is 19.5 Å². The molecule has 2 fully saturated rings. The Morgan fingerprint density at radius 1 is 1.15 bits per heavy atom. The molecule has 0 aromatic heterocycles. The van der Waals surface area contributed by atoms with E-state index in [2.05, 4.69) is 0 Å². The Morgan fingerprint density at radius 3 is 2.52 bits per heavy atom. The van der Waals surface area contributed by atoms with Crippen molar-refractivity contribution >= 4 is 17.8 Å². The van der Waals surface area contributed by atoms with Crippen LogP contribution in [0.25, 0.3) is 0 Å². The highest BCUT2D eigenvalue weighted by Crippen LogP contribution is 2.30. The Labute approximate surface area is 160 Å². The summed E-state index contributed by atoms with van der Waals surface area (Å²) in [5.41, 5.74) is 1.01. The van der Waals surface area contributed by atoms with Gasteiger partial charge < -0.3 is 14.9 Å². The van der Waals surface area contributed by atoms with Gasteiger partial charge in [-0.3, -0.25) is 14.4 Å². The molecule has 1 atom stereocenters. The summed E-state index contributed by atoms with van der Waals surface area (Å²) in [4.78, 5) is 40.1. The Kier molecular flexibility index (Phi) is 6.48. The third-order valence-electron chi connectivity index (χ3n) is 5.62. The largest absolute Gasteiger partial charge is 0.481 e. The molecule has 1 aliphatic carbocycles. The van der Waals surface area contributed by atoms with Crippen LogP contribution in [-0.4, -0.2) is 51.8 Å². The van der Waals surface area contributed by atoms with Crippen LogP contribution in [0.2, 0.25) is 0 Å². The molecule has 1 heterocycles. The number of carbonyl (C=O) groups excluding carboxylic acids is 2. The maximum atomic E-state index is 13.1. The van der Waals surface area contributed by atoms with Gasteiger partial charge in [-0.05, 0) is 24.8 Å². The second-order valence-corrected chi connectivity index (χ2v) is 7.63. The van der Waals surface area contributed by atoms with Gasteiger partial charge in [-0.1, -0.05) is 43.2 Å². The van der Waals surface area contributed by atoms with E-state index in [0.717, 1.165) is 31.2 Å². The van der Waals surface area contributed by atoms with Crippen LogP contribution in [0.5, 0.6) is 0 Å². The van der Waals surface area contributed by atoms with Gasteiger partial charge in [-0.25, -0.2) is 0 Å². The fourth-order valence-corrected chi connectivity index (χ4v) is 4.22. The average Bonchev–Trinajstić information content (AvgIpc) is 3.30. The Hall–Kier alpha value is -2.37. The number of benzene rings is 1. The van der Waals surface area contributed by atoms with Crippen molar-refractivity contribution in [2.75, 3.05) is 13.1 Å². The van der Waals surface area contributed by atoms with Gasteiger partial charge in [0.1, 0.15) is 0 Å². The summed E-state index contributed by atoms with van der Waals surface area (Å²) in [6, 6.07) is 10.00. The van der Waals surface area contributed by atoms with Crippen LogP contribution in [0, 0.1) is 5.92 Å². The molecule has 6 heteroatoms. The lowest BCUT2D eigenvalue weighted by molar-refractivity contribution is -0.139. The van der Waals surface area contributed by atoms with E-state index in [-0.39, 0.29) is 30.6 Å². The van der Waals surface area contributed by atoms with Crippen molar-refractivity contribution in [3.05, 3.63) is 35.9 Å². The lowest BCUT2D eigenvalue weighted by atomic mass is 10.1. The molecule has 146 valence electrons. The van der Waals surface area contributed by atoms with Gasteiger partial charge in [0.2, 0.25) is 11.8 Å². The van der Waals surface area contributed by atoms with Crippen LogP contribution in [0.1, 0.15) is 50.5 Å². The molecular formula is C21H28N2O4. The lowest BCUT2D eigenvalue weighted by Gasteiger charge is -2.27. The zero-order valence-corrected chi connectivity index (χ0v) is 15.7. The first-order valence-corrected chi connectivity index (χ1v) is 9.88. The highest BCUT2D eigenvalue weighted by atomic mass is 16.4. The summed E-state index contributed by atoms with van der Waals surface area (Å²) in [5, 5.41) is 8.90. The van der Waals surface area contributed by atoms with E-state index < -0.39 is 5.97 Å². The zero-order chi connectivity index (χ0) is 19.2. The number of nitrogens with zero attached hydrogens (tertiary/aromatic N) is 2. The molecule has 1 unspecified atom stereocenters. The van der Waals surface area contributed by atoms with Gasteiger partial charge >= 0.3 is 5.97 Å². The molecule has 1 saturated carbocycles. The van der Waals surface area contributed by atoms with Crippen molar-refractivity contribution in [1.29, 1.82) is 0 Å². The van der Waals surface area contributed by atoms with Crippen LogP contribution in [0.15, 0.2) is 30.3 Å². The minimum Gasteiger partial charge on any atom is -0.481 e. The van der Waals surface area contributed by atoms with Gasteiger partial charge in [-0.2, -0.15) is 0 Å². The number of carboxylic acids is 1. The summed E-state index contributed by atoms with van der Waals surface area (Å²) in [6.45, 7) is 1.36. The van der Waals surface area contributed by atoms with Crippen molar-refractivity contribution in [1.82, 2.24) is 9.80 Å². The highest BCUT2D eigenvalue weighted by molar-refractivity contribution is 5.89. The van der Waals surface area contributed by atoms with Crippen LogP contribution < -0.4 is 0 Å². The normalized spacial score (nSPS) is 20.2. The molecule has 0 spiro atoms. The zero-order valence-electron chi connectivity index (χ0n) is 15.7. The van der Waals surface area contributed by atoms with Crippen molar-refractivity contribution in [3.63, 3.8) is 0 Å². The molecule has 6 nitrogen and oxygen atoms in total. The van der Waals surface area contributed by atoms with E-state index >= 15 is 0 Å². The van der Waals surface area contributed by atoms with Crippen molar-refractivity contribution in [2.45, 2.75) is 57.5 Å². The van der Waals surface area contributed by atoms with Gasteiger partial charge in [-0.15, -0.1) is 0 Å². The predicted octanol–water partition coefficient (Wildman–Crippen LogP) is 2.67. The maximum absolute atomic E-state index is 13.1. The summed E-state index contributed by atoms with van der Waals surface area (Å²) in [6.07, 6.45) is 5.12. The lowest BCUT2D eigenvalue weighted by Crippen LogP contribution is -2.39. The number of aliphatic carboxylic acids is 1.